The van der Waals surface area contributed by atoms with Crippen molar-refractivity contribution in [2.24, 2.45) is 0 Å². The van der Waals surface area contributed by atoms with Gasteiger partial charge in [-0.2, -0.15) is 10.5 Å². The molecule has 0 amide bonds. The molecule has 0 spiro atoms. The lowest BCUT2D eigenvalue weighted by Gasteiger charge is -2.21. The molecule has 92 valence electrons. The van der Waals surface area contributed by atoms with E-state index < -0.39 is 3.23 Å². The quantitative estimate of drug-likeness (QED) is 0.729. The summed E-state index contributed by atoms with van der Waals surface area (Å²) in [5, 5.41) is 17.6. The van der Waals surface area contributed by atoms with Crippen molar-refractivity contribution in [1.82, 2.24) is 0 Å². The molecular weight excluding hydrogens is 368 g/mol. The highest BCUT2D eigenvalue weighted by Crippen LogP contribution is 2.44. The minimum Gasteiger partial charge on any atom is -0.192 e. The molecule has 2 aromatic rings. The second-order valence-corrected chi connectivity index (χ2v) is 7.40. The molecule has 0 heterocycles. The van der Waals surface area contributed by atoms with Crippen LogP contribution in [0.2, 0.25) is 0 Å². The Balaban J connectivity index is 2.40. The SMILES string of the molecule is N#Cc1ccc(C(Br)(Br)c2ccc(C#N)cc2)cc1. The lowest BCUT2D eigenvalue weighted by molar-refractivity contribution is 1.11. The van der Waals surface area contributed by atoms with Gasteiger partial charge < -0.3 is 0 Å². The Morgan fingerprint density at radius 1 is 0.684 bits per heavy atom. The molecule has 0 atom stereocenters. The third-order valence-corrected chi connectivity index (χ3v) is 4.58. The Labute approximate surface area is 128 Å². The molecule has 0 radical (unpaired) electrons. The van der Waals surface area contributed by atoms with Crippen LogP contribution >= 0.6 is 31.9 Å². The summed E-state index contributed by atoms with van der Waals surface area (Å²) in [6, 6.07) is 18.8. The van der Waals surface area contributed by atoms with Crippen molar-refractivity contribution in [3.63, 3.8) is 0 Å². The molecule has 0 unspecified atom stereocenters. The third-order valence-electron chi connectivity index (χ3n) is 2.75. The van der Waals surface area contributed by atoms with Crippen LogP contribution in [0, 0.1) is 22.7 Å². The van der Waals surface area contributed by atoms with Gasteiger partial charge in [0.05, 0.1) is 23.3 Å². The van der Waals surface area contributed by atoms with E-state index in [1.807, 2.05) is 24.3 Å². The summed E-state index contributed by atoms with van der Waals surface area (Å²) >= 11 is 7.28. The van der Waals surface area contributed by atoms with Crippen LogP contribution in [0.15, 0.2) is 48.5 Å². The number of benzene rings is 2. The van der Waals surface area contributed by atoms with E-state index in [9.17, 15) is 0 Å². The number of halogens is 2. The van der Waals surface area contributed by atoms with Gasteiger partial charge in [-0.15, -0.1) is 0 Å². The van der Waals surface area contributed by atoms with Gasteiger partial charge in [0, 0.05) is 0 Å². The van der Waals surface area contributed by atoms with Crippen LogP contribution in [0.5, 0.6) is 0 Å². The number of alkyl halides is 2. The highest BCUT2D eigenvalue weighted by atomic mass is 79.9. The highest BCUT2D eigenvalue weighted by molar-refractivity contribution is 9.25. The first kappa shape index (κ1) is 13.8. The number of hydrogen-bond donors (Lipinski definition) is 0. The lowest BCUT2D eigenvalue weighted by atomic mass is 10.0. The Kier molecular flexibility index (Phi) is 4.04. The third kappa shape index (κ3) is 2.87. The summed E-state index contributed by atoms with van der Waals surface area (Å²) in [4.78, 5) is 0. The molecule has 0 fully saturated rings. The van der Waals surface area contributed by atoms with Gasteiger partial charge in [0.1, 0.15) is 3.23 Å². The standard InChI is InChI=1S/C15H8Br2N2/c16-15(17,13-5-1-11(9-18)2-6-13)14-7-3-12(10-19)4-8-14/h1-8H. The van der Waals surface area contributed by atoms with Crippen LogP contribution in [0.25, 0.3) is 0 Å². The molecule has 0 aliphatic rings. The van der Waals surface area contributed by atoms with Gasteiger partial charge in [-0.3, -0.25) is 0 Å². The van der Waals surface area contributed by atoms with Gasteiger partial charge in [0.2, 0.25) is 0 Å². The predicted molar refractivity (Wildman–Crippen MR) is 80.9 cm³/mol. The summed E-state index contributed by atoms with van der Waals surface area (Å²) in [7, 11) is 0. The van der Waals surface area contributed by atoms with E-state index in [1.165, 1.54) is 0 Å². The topological polar surface area (TPSA) is 47.6 Å². The Bertz CT molecular complexity index is 600. The van der Waals surface area contributed by atoms with Crippen molar-refractivity contribution < 1.29 is 0 Å². The molecule has 4 heteroatoms. The first-order chi connectivity index (χ1) is 9.07. The van der Waals surface area contributed by atoms with Gasteiger partial charge in [0.25, 0.3) is 0 Å². The molecule has 0 saturated carbocycles. The zero-order chi connectivity index (χ0) is 13.9. The summed E-state index contributed by atoms with van der Waals surface area (Å²) in [5.74, 6) is 0. The van der Waals surface area contributed by atoms with Crippen LogP contribution in [0.4, 0.5) is 0 Å². The summed E-state index contributed by atoms with van der Waals surface area (Å²) in [5.41, 5.74) is 3.21. The molecule has 2 rings (SSSR count). The molecule has 2 aromatic carbocycles. The summed E-state index contributed by atoms with van der Waals surface area (Å²) in [6.45, 7) is 0. The van der Waals surface area contributed by atoms with E-state index in [-0.39, 0.29) is 0 Å². The van der Waals surface area contributed by atoms with Gasteiger partial charge in [0.15, 0.2) is 0 Å². The first-order valence-corrected chi connectivity index (χ1v) is 7.05. The van der Waals surface area contributed by atoms with Crippen LogP contribution in [-0.2, 0) is 3.23 Å². The van der Waals surface area contributed by atoms with Crippen LogP contribution < -0.4 is 0 Å². The van der Waals surface area contributed by atoms with E-state index >= 15 is 0 Å². The monoisotopic (exact) mass is 374 g/mol. The van der Waals surface area contributed by atoms with Gasteiger partial charge in [-0.25, -0.2) is 0 Å². The molecule has 0 bridgehead atoms. The Morgan fingerprint density at radius 2 is 1.00 bits per heavy atom. The van der Waals surface area contributed by atoms with E-state index in [0.29, 0.717) is 11.1 Å². The maximum absolute atomic E-state index is 8.80. The maximum Gasteiger partial charge on any atom is 0.130 e. The summed E-state index contributed by atoms with van der Waals surface area (Å²) in [6.07, 6.45) is 0. The molecule has 0 aliphatic heterocycles. The molecule has 0 aromatic heterocycles. The fourth-order valence-corrected chi connectivity index (χ4v) is 2.73. The van der Waals surface area contributed by atoms with Crippen molar-refractivity contribution in [3.8, 4) is 12.1 Å². The first-order valence-electron chi connectivity index (χ1n) is 5.47. The van der Waals surface area contributed by atoms with Crippen molar-refractivity contribution in [1.29, 1.82) is 10.5 Å². The van der Waals surface area contributed by atoms with Crippen molar-refractivity contribution in [2.75, 3.05) is 0 Å². The largest absolute Gasteiger partial charge is 0.192 e. The summed E-state index contributed by atoms with van der Waals surface area (Å²) < 4.78 is -0.526. The zero-order valence-electron chi connectivity index (χ0n) is 9.77. The van der Waals surface area contributed by atoms with E-state index in [0.717, 1.165) is 11.1 Å². The highest BCUT2D eigenvalue weighted by Gasteiger charge is 2.27. The Hall–Kier alpha value is -1.62. The van der Waals surface area contributed by atoms with Crippen molar-refractivity contribution >= 4 is 31.9 Å². The normalized spacial score (nSPS) is 10.5. The number of nitriles is 2. The fourth-order valence-electron chi connectivity index (χ4n) is 1.67. The van der Waals surface area contributed by atoms with E-state index in [2.05, 4.69) is 44.0 Å². The molecule has 0 saturated heterocycles. The molecule has 2 nitrogen and oxygen atoms in total. The van der Waals surface area contributed by atoms with E-state index in [1.54, 1.807) is 24.3 Å². The van der Waals surface area contributed by atoms with E-state index in [4.69, 9.17) is 10.5 Å². The average Bonchev–Trinajstić information content (AvgIpc) is 2.47. The van der Waals surface area contributed by atoms with Gasteiger partial charge >= 0.3 is 0 Å². The lowest BCUT2D eigenvalue weighted by Crippen LogP contribution is -2.10. The van der Waals surface area contributed by atoms with Gasteiger partial charge in [-0.1, -0.05) is 56.1 Å². The molecule has 19 heavy (non-hydrogen) atoms. The number of rotatable bonds is 2. The van der Waals surface area contributed by atoms with Crippen LogP contribution in [0.1, 0.15) is 22.3 Å². The minimum atomic E-state index is -0.526. The second-order valence-electron chi connectivity index (χ2n) is 3.95. The van der Waals surface area contributed by atoms with Crippen molar-refractivity contribution in [3.05, 3.63) is 70.8 Å². The van der Waals surface area contributed by atoms with Crippen molar-refractivity contribution in [2.45, 2.75) is 3.23 Å². The fraction of sp³-hybridized carbons (Fsp3) is 0.0667. The molecular formula is C15H8Br2N2. The Morgan fingerprint density at radius 3 is 1.26 bits per heavy atom. The zero-order valence-corrected chi connectivity index (χ0v) is 12.9. The minimum absolute atomic E-state index is 0.526. The second kappa shape index (κ2) is 5.57. The maximum atomic E-state index is 8.80. The van der Waals surface area contributed by atoms with Gasteiger partial charge in [-0.05, 0) is 35.4 Å². The smallest absolute Gasteiger partial charge is 0.130 e. The van der Waals surface area contributed by atoms with Crippen LogP contribution in [-0.4, -0.2) is 0 Å². The average molecular weight is 376 g/mol. The van der Waals surface area contributed by atoms with Crippen LogP contribution in [0.3, 0.4) is 0 Å². The molecule has 0 N–H and O–H groups in total. The number of hydrogen-bond acceptors (Lipinski definition) is 2. The number of nitrogens with zero attached hydrogens (tertiary/aromatic N) is 2. The predicted octanol–water partition coefficient (Wildman–Crippen LogP) is 4.42. The molecule has 0 aliphatic carbocycles.